The molecule has 2 aromatic carbocycles. The Morgan fingerprint density at radius 3 is 2.47 bits per heavy atom. The number of amides is 1. The van der Waals surface area contributed by atoms with Crippen LogP contribution in [0.25, 0.3) is 17.2 Å². The summed E-state index contributed by atoms with van der Waals surface area (Å²) < 4.78 is 38.6. The van der Waals surface area contributed by atoms with E-state index in [1.807, 2.05) is 0 Å². The lowest BCUT2D eigenvalue weighted by Crippen LogP contribution is -2.29. The van der Waals surface area contributed by atoms with Gasteiger partial charge in [-0.3, -0.25) is 14.5 Å². The smallest absolute Gasteiger partial charge is 0.416 e. The number of carboxylic acid groups (broad SMARTS) is 1. The number of carboxylic acids is 1. The highest BCUT2D eigenvalue weighted by molar-refractivity contribution is 8.26. The Hall–Kier alpha value is -2.65. The molecule has 1 N–H and O–H groups in total. The number of aliphatic carboxylic acids is 1. The molecule has 1 aliphatic rings. The average Bonchev–Trinajstić information content (AvgIpc) is 2.95. The van der Waals surface area contributed by atoms with Gasteiger partial charge in [0.25, 0.3) is 5.91 Å². The van der Waals surface area contributed by atoms with Crippen LogP contribution in [0.4, 0.5) is 13.2 Å². The van der Waals surface area contributed by atoms with Gasteiger partial charge in [0.15, 0.2) is 0 Å². The van der Waals surface area contributed by atoms with E-state index in [-0.39, 0.29) is 18.9 Å². The molecule has 4 nitrogen and oxygen atoms in total. The van der Waals surface area contributed by atoms with Crippen LogP contribution in [-0.4, -0.2) is 32.7 Å². The van der Waals surface area contributed by atoms with E-state index in [0.29, 0.717) is 26.8 Å². The number of rotatable bonds is 6. The van der Waals surface area contributed by atoms with Crippen LogP contribution < -0.4 is 0 Å². The van der Waals surface area contributed by atoms with Crippen molar-refractivity contribution in [3.05, 3.63) is 64.6 Å². The molecule has 9 heteroatoms. The fourth-order valence-corrected chi connectivity index (χ4v) is 4.20. The zero-order valence-electron chi connectivity index (χ0n) is 15.5. The summed E-state index contributed by atoms with van der Waals surface area (Å²) in [5.74, 6) is -1.22. The summed E-state index contributed by atoms with van der Waals surface area (Å²) in [7, 11) is 0. The van der Waals surface area contributed by atoms with Crippen LogP contribution in [0.1, 0.15) is 24.0 Å². The van der Waals surface area contributed by atoms with E-state index in [0.717, 1.165) is 29.5 Å². The van der Waals surface area contributed by atoms with Crippen LogP contribution in [-0.2, 0) is 15.8 Å². The Kier molecular flexibility index (Phi) is 6.62. The second kappa shape index (κ2) is 9.01. The minimum Gasteiger partial charge on any atom is -0.481 e. The lowest BCUT2D eigenvalue weighted by Gasteiger charge is -2.13. The summed E-state index contributed by atoms with van der Waals surface area (Å²) in [5.41, 5.74) is 1.33. The molecule has 0 spiro atoms. The standard InChI is InChI=1S/C21H16F3NO3S2/c22-21(23,24)16-8-6-14(7-9-16)15-4-1-3-13(11-15)12-17-19(28)25(20(29)30-17)10-2-5-18(26)27/h1,3-4,6-9,11-12H,2,5,10H2,(H,26,27)/b17-12-. The molecule has 1 amide bonds. The topological polar surface area (TPSA) is 57.6 Å². The number of hydrogen-bond donors (Lipinski definition) is 1. The van der Waals surface area contributed by atoms with Crippen LogP contribution in [0.3, 0.4) is 0 Å². The first kappa shape index (κ1) is 22.0. The maximum absolute atomic E-state index is 12.7. The molecular weight excluding hydrogens is 435 g/mol. The van der Waals surface area contributed by atoms with Crippen LogP contribution in [0.2, 0.25) is 0 Å². The Morgan fingerprint density at radius 2 is 1.83 bits per heavy atom. The van der Waals surface area contributed by atoms with Crippen molar-refractivity contribution in [2.45, 2.75) is 19.0 Å². The van der Waals surface area contributed by atoms with Crippen molar-refractivity contribution in [2.75, 3.05) is 6.54 Å². The van der Waals surface area contributed by atoms with Gasteiger partial charge in [-0.2, -0.15) is 13.2 Å². The predicted octanol–water partition coefficient (Wildman–Crippen LogP) is 5.44. The van der Waals surface area contributed by atoms with E-state index in [1.165, 1.54) is 17.0 Å². The summed E-state index contributed by atoms with van der Waals surface area (Å²) in [6.07, 6.45) is -2.46. The minimum absolute atomic E-state index is 0.0503. The Morgan fingerprint density at radius 1 is 1.13 bits per heavy atom. The van der Waals surface area contributed by atoms with Crippen molar-refractivity contribution < 1.29 is 27.9 Å². The number of alkyl halides is 3. The van der Waals surface area contributed by atoms with E-state index >= 15 is 0 Å². The summed E-state index contributed by atoms with van der Waals surface area (Å²) in [6.45, 7) is 0.236. The molecule has 1 aliphatic heterocycles. The van der Waals surface area contributed by atoms with Crippen molar-refractivity contribution in [3.8, 4) is 11.1 Å². The van der Waals surface area contributed by atoms with Gasteiger partial charge in [-0.1, -0.05) is 54.3 Å². The molecule has 0 atom stereocenters. The Bertz CT molecular complexity index is 1020. The van der Waals surface area contributed by atoms with Gasteiger partial charge >= 0.3 is 12.1 Å². The van der Waals surface area contributed by atoms with E-state index in [9.17, 15) is 22.8 Å². The molecule has 1 fully saturated rings. The number of carbonyl (C=O) groups excluding carboxylic acids is 1. The van der Waals surface area contributed by atoms with Crippen LogP contribution in [0.5, 0.6) is 0 Å². The molecule has 3 rings (SSSR count). The van der Waals surface area contributed by atoms with E-state index in [2.05, 4.69) is 0 Å². The van der Waals surface area contributed by atoms with Gasteiger partial charge < -0.3 is 5.11 Å². The number of hydrogen-bond acceptors (Lipinski definition) is 4. The third-order valence-corrected chi connectivity index (χ3v) is 5.75. The molecule has 0 bridgehead atoms. The fraction of sp³-hybridized carbons (Fsp3) is 0.190. The number of benzene rings is 2. The van der Waals surface area contributed by atoms with Crippen molar-refractivity contribution >= 4 is 46.3 Å². The summed E-state index contributed by atoms with van der Waals surface area (Å²) in [6, 6.07) is 12.0. The van der Waals surface area contributed by atoms with E-state index in [1.54, 1.807) is 30.3 Å². The lowest BCUT2D eigenvalue weighted by atomic mass is 10.0. The zero-order valence-corrected chi connectivity index (χ0v) is 17.1. The quantitative estimate of drug-likeness (QED) is 0.468. The van der Waals surface area contributed by atoms with Crippen molar-refractivity contribution in [3.63, 3.8) is 0 Å². The van der Waals surface area contributed by atoms with Gasteiger partial charge in [-0.25, -0.2) is 0 Å². The first-order valence-electron chi connectivity index (χ1n) is 8.90. The van der Waals surface area contributed by atoms with Gasteiger partial charge in [0.2, 0.25) is 0 Å². The fourth-order valence-electron chi connectivity index (χ4n) is 2.89. The molecule has 0 aliphatic carbocycles. The monoisotopic (exact) mass is 451 g/mol. The van der Waals surface area contributed by atoms with Crippen LogP contribution in [0, 0.1) is 0 Å². The maximum atomic E-state index is 12.7. The number of thioether (sulfide) groups is 1. The van der Waals surface area contributed by atoms with E-state index < -0.39 is 17.7 Å². The second-order valence-corrected chi connectivity index (χ2v) is 8.21. The molecule has 0 saturated carbocycles. The molecule has 2 aromatic rings. The molecular formula is C21H16F3NO3S2. The molecule has 0 radical (unpaired) electrons. The summed E-state index contributed by atoms with van der Waals surface area (Å²) in [4.78, 5) is 25.0. The van der Waals surface area contributed by atoms with Crippen molar-refractivity contribution in [2.24, 2.45) is 0 Å². The van der Waals surface area contributed by atoms with Gasteiger partial charge in [0.05, 0.1) is 10.5 Å². The first-order valence-corrected chi connectivity index (χ1v) is 10.1. The second-order valence-electron chi connectivity index (χ2n) is 6.53. The van der Waals surface area contributed by atoms with Crippen molar-refractivity contribution in [1.29, 1.82) is 0 Å². The van der Waals surface area contributed by atoms with E-state index in [4.69, 9.17) is 17.3 Å². The first-order chi connectivity index (χ1) is 14.1. The largest absolute Gasteiger partial charge is 0.481 e. The van der Waals surface area contributed by atoms with Crippen LogP contribution in [0.15, 0.2) is 53.4 Å². The molecule has 1 heterocycles. The average molecular weight is 451 g/mol. The maximum Gasteiger partial charge on any atom is 0.416 e. The van der Waals surface area contributed by atoms with Gasteiger partial charge in [0, 0.05) is 13.0 Å². The third-order valence-electron chi connectivity index (χ3n) is 4.38. The predicted molar refractivity (Wildman–Crippen MR) is 114 cm³/mol. The number of halogens is 3. The molecule has 30 heavy (non-hydrogen) atoms. The van der Waals surface area contributed by atoms with Crippen molar-refractivity contribution in [1.82, 2.24) is 4.90 Å². The van der Waals surface area contributed by atoms with Gasteiger partial charge in [0.1, 0.15) is 4.32 Å². The highest BCUT2D eigenvalue weighted by Gasteiger charge is 2.32. The molecule has 156 valence electrons. The molecule has 0 unspecified atom stereocenters. The van der Waals surface area contributed by atoms with Gasteiger partial charge in [-0.05, 0) is 47.4 Å². The van der Waals surface area contributed by atoms with Crippen LogP contribution >= 0.6 is 24.0 Å². The Labute approximate surface area is 180 Å². The summed E-state index contributed by atoms with van der Waals surface area (Å²) >= 11 is 6.36. The SMILES string of the molecule is O=C(O)CCCN1C(=O)/C(=C/c2cccc(-c3ccc(C(F)(F)F)cc3)c2)SC1=S. The summed E-state index contributed by atoms with van der Waals surface area (Å²) in [5, 5.41) is 8.73. The number of thiocarbonyl (C=S) groups is 1. The highest BCUT2D eigenvalue weighted by Crippen LogP contribution is 2.34. The molecule has 1 saturated heterocycles. The zero-order chi connectivity index (χ0) is 21.9. The third kappa shape index (κ3) is 5.28. The number of nitrogens with zero attached hydrogens (tertiary/aromatic N) is 1. The normalized spacial score (nSPS) is 15.8. The van der Waals surface area contributed by atoms with Gasteiger partial charge in [-0.15, -0.1) is 0 Å². The lowest BCUT2D eigenvalue weighted by molar-refractivity contribution is -0.138. The molecule has 0 aromatic heterocycles. The highest BCUT2D eigenvalue weighted by atomic mass is 32.2. The minimum atomic E-state index is -4.39. The Balaban J connectivity index is 1.78. The number of carbonyl (C=O) groups is 2.